The Morgan fingerprint density at radius 1 is 1.07 bits per heavy atom. The van der Waals surface area contributed by atoms with Crippen LogP contribution in [0.15, 0.2) is 42.5 Å². The zero-order chi connectivity index (χ0) is 20.5. The van der Waals surface area contributed by atoms with E-state index in [-0.39, 0.29) is 5.88 Å². The highest BCUT2D eigenvalue weighted by Gasteiger charge is 2.20. The second-order valence-electron chi connectivity index (χ2n) is 5.78. The average molecular weight is 408 g/mol. The average Bonchev–Trinajstić information content (AvgIpc) is 2.62. The molecule has 2 aromatic carbocycles. The van der Waals surface area contributed by atoms with Crippen molar-refractivity contribution in [2.75, 3.05) is 13.4 Å². The summed E-state index contributed by atoms with van der Waals surface area (Å²) in [6.07, 6.45) is 0.720. The van der Waals surface area contributed by atoms with E-state index in [2.05, 4.69) is 4.98 Å². The van der Waals surface area contributed by atoms with Crippen molar-refractivity contribution in [1.29, 1.82) is 0 Å². The largest absolute Gasteiger partial charge is 0.497 e. The quantitative estimate of drug-likeness (QED) is 0.698. The molecule has 0 unspecified atom stereocenters. The summed E-state index contributed by atoms with van der Waals surface area (Å²) in [6.45, 7) is 0. The van der Waals surface area contributed by atoms with Crippen molar-refractivity contribution in [2.45, 2.75) is 0 Å². The predicted molar refractivity (Wildman–Crippen MR) is 97.0 cm³/mol. The van der Waals surface area contributed by atoms with Gasteiger partial charge in [0.2, 0.25) is 15.9 Å². The van der Waals surface area contributed by atoms with E-state index in [1.165, 1.54) is 13.2 Å². The van der Waals surface area contributed by atoms with E-state index in [0.29, 0.717) is 23.4 Å². The first-order chi connectivity index (χ1) is 13.2. The van der Waals surface area contributed by atoms with Crippen LogP contribution in [0.2, 0.25) is 0 Å². The number of hydrogen-bond donors (Lipinski definition) is 1. The molecule has 1 heterocycles. The Balaban J connectivity index is 1.89. The number of amides is 1. The highest BCUT2D eigenvalue weighted by atomic mass is 32.2. The molecule has 0 bridgehead atoms. The van der Waals surface area contributed by atoms with Gasteiger partial charge in [-0.25, -0.2) is 26.9 Å². The van der Waals surface area contributed by atoms with Gasteiger partial charge in [-0.05, 0) is 30.3 Å². The molecule has 1 amide bonds. The normalized spacial score (nSPS) is 11.3. The van der Waals surface area contributed by atoms with Crippen LogP contribution in [-0.4, -0.2) is 32.7 Å². The molecule has 0 saturated heterocycles. The number of hydrogen-bond acceptors (Lipinski definition) is 6. The van der Waals surface area contributed by atoms with Gasteiger partial charge in [0.1, 0.15) is 11.6 Å². The van der Waals surface area contributed by atoms with Gasteiger partial charge in [-0.15, -0.1) is 0 Å². The maximum atomic E-state index is 14.3. The summed E-state index contributed by atoms with van der Waals surface area (Å²) in [5.74, 6) is -3.36. The maximum absolute atomic E-state index is 14.3. The summed E-state index contributed by atoms with van der Waals surface area (Å²) >= 11 is 0. The van der Waals surface area contributed by atoms with Crippen LogP contribution in [-0.2, 0) is 10.0 Å². The van der Waals surface area contributed by atoms with Gasteiger partial charge in [-0.1, -0.05) is 0 Å². The summed E-state index contributed by atoms with van der Waals surface area (Å²) in [4.78, 5) is 15.9. The number of methoxy groups -OCH3 is 1. The Morgan fingerprint density at radius 3 is 2.50 bits per heavy atom. The van der Waals surface area contributed by atoms with E-state index >= 15 is 0 Å². The van der Waals surface area contributed by atoms with E-state index in [4.69, 9.17) is 9.47 Å². The number of carbonyl (C=O) groups is 1. The van der Waals surface area contributed by atoms with E-state index < -0.39 is 38.9 Å². The molecule has 1 N–H and O–H groups in total. The van der Waals surface area contributed by atoms with Crippen LogP contribution in [0.1, 0.15) is 10.4 Å². The third-order valence-corrected chi connectivity index (χ3v) is 4.19. The number of halogens is 2. The fourth-order valence-corrected chi connectivity index (χ4v) is 2.83. The zero-order valence-electron chi connectivity index (χ0n) is 14.7. The standard InChI is InChI=1S/C18H14F2N2O5S/c1-26-11-4-5-15-10(7-11)3-6-17(21-15)27-16-9-13(19)12(8-14(16)20)18(23)22-28(2,24)25/h3-9H,1-2H3,(H,22,23). The molecule has 28 heavy (non-hydrogen) atoms. The first kappa shape index (κ1) is 19.5. The molecule has 0 spiro atoms. The fourth-order valence-electron chi connectivity index (χ4n) is 2.39. The van der Waals surface area contributed by atoms with Crippen molar-refractivity contribution in [1.82, 2.24) is 9.71 Å². The summed E-state index contributed by atoms with van der Waals surface area (Å²) in [5, 5.41) is 0.756. The third kappa shape index (κ3) is 4.34. The molecule has 0 aliphatic carbocycles. The minimum atomic E-state index is -3.92. The minimum absolute atomic E-state index is 0.00399. The monoisotopic (exact) mass is 408 g/mol. The first-order valence-corrected chi connectivity index (χ1v) is 9.69. The summed E-state index contributed by atoms with van der Waals surface area (Å²) in [6, 6.07) is 9.45. The van der Waals surface area contributed by atoms with E-state index in [1.54, 1.807) is 29.0 Å². The Kier molecular flexibility index (Phi) is 5.14. The number of sulfonamides is 1. The van der Waals surface area contributed by atoms with Gasteiger partial charge in [0, 0.05) is 17.5 Å². The Hall–Kier alpha value is -3.27. The molecule has 0 fully saturated rings. The lowest BCUT2D eigenvalue weighted by Crippen LogP contribution is -2.30. The molecule has 1 aromatic heterocycles. The van der Waals surface area contributed by atoms with Gasteiger partial charge >= 0.3 is 0 Å². The number of pyridine rings is 1. The second kappa shape index (κ2) is 7.39. The molecule has 10 heteroatoms. The lowest BCUT2D eigenvalue weighted by molar-refractivity contribution is 0.0977. The van der Waals surface area contributed by atoms with Crippen molar-refractivity contribution in [3.63, 3.8) is 0 Å². The van der Waals surface area contributed by atoms with Gasteiger partial charge in [0.25, 0.3) is 5.91 Å². The molecule has 0 aliphatic heterocycles. The smallest absolute Gasteiger partial charge is 0.267 e. The molecule has 3 aromatic rings. The Bertz CT molecular complexity index is 1180. The SMILES string of the molecule is COc1ccc2nc(Oc3cc(F)c(C(=O)NS(C)(=O)=O)cc3F)ccc2c1. The summed E-state index contributed by atoms with van der Waals surface area (Å²) < 4.78 is 62.5. The fraction of sp³-hybridized carbons (Fsp3) is 0.111. The van der Waals surface area contributed by atoms with Crippen LogP contribution >= 0.6 is 0 Å². The molecular formula is C18H14F2N2O5S. The van der Waals surface area contributed by atoms with Crippen molar-refractivity contribution < 1.29 is 31.5 Å². The second-order valence-corrected chi connectivity index (χ2v) is 7.52. The number of ether oxygens (including phenoxy) is 2. The molecule has 0 atom stereocenters. The number of fused-ring (bicyclic) bond motifs is 1. The molecule has 3 rings (SSSR count). The third-order valence-electron chi connectivity index (χ3n) is 3.63. The topological polar surface area (TPSA) is 94.6 Å². The van der Waals surface area contributed by atoms with Crippen LogP contribution in [0.3, 0.4) is 0 Å². The van der Waals surface area contributed by atoms with E-state index in [1.807, 2.05) is 0 Å². The van der Waals surface area contributed by atoms with Gasteiger partial charge in [-0.3, -0.25) is 4.79 Å². The predicted octanol–water partition coefficient (Wildman–Crippen LogP) is 3.00. The van der Waals surface area contributed by atoms with Crippen molar-refractivity contribution in [3.8, 4) is 17.4 Å². The van der Waals surface area contributed by atoms with Crippen LogP contribution < -0.4 is 14.2 Å². The molecule has 0 radical (unpaired) electrons. The lowest BCUT2D eigenvalue weighted by Gasteiger charge is -2.10. The highest BCUT2D eigenvalue weighted by molar-refractivity contribution is 7.89. The number of nitrogens with one attached hydrogen (secondary N) is 1. The number of benzene rings is 2. The summed E-state index contributed by atoms with van der Waals surface area (Å²) in [5.41, 5.74) is -0.225. The van der Waals surface area contributed by atoms with E-state index in [0.717, 1.165) is 11.6 Å². The molecule has 7 nitrogen and oxygen atoms in total. The van der Waals surface area contributed by atoms with Crippen molar-refractivity contribution in [3.05, 3.63) is 59.7 Å². The number of rotatable bonds is 5. The van der Waals surface area contributed by atoms with Gasteiger partial charge in [-0.2, -0.15) is 0 Å². The van der Waals surface area contributed by atoms with Crippen molar-refractivity contribution >= 4 is 26.8 Å². The van der Waals surface area contributed by atoms with E-state index in [9.17, 15) is 22.0 Å². The van der Waals surface area contributed by atoms with Crippen LogP contribution in [0.4, 0.5) is 8.78 Å². The molecule has 0 aliphatic rings. The van der Waals surface area contributed by atoms with Gasteiger partial charge in [0.15, 0.2) is 11.6 Å². The van der Waals surface area contributed by atoms with Crippen LogP contribution in [0, 0.1) is 11.6 Å². The lowest BCUT2D eigenvalue weighted by atomic mass is 10.2. The number of aromatic nitrogens is 1. The zero-order valence-corrected chi connectivity index (χ0v) is 15.5. The number of carbonyl (C=O) groups excluding carboxylic acids is 1. The minimum Gasteiger partial charge on any atom is -0.497 e. The summed E-state index contributed by atoms with van der Waals surface area (Å²) in [7, 11) is -2.39. The van der Waals surface area contributed by atoms with Gasteiger partial charge < -0.3 is 9.47 Å². The number of nitrogens with zero attached hydrogens (tertiary/aromatic N) is 1. The van der Waals surface area contributed by atoms with Crippen LogP contribution in [0.25, 0.3) is 10.9 Å². The molecule has 146 valence electrons. The van der Waals surface area contributed by atoms with Crippen molar-refractivity contribution in [2.24, 2.45) is 0 Å². The Labute approximate surface area is 159 Å². The molecular weight excluding hydrogens is 394 g/mol. The van der Waals surface area contributed by atoms with Gasteiger partial charge in [0.05, 0.1) is 24.4 Å². The molecule has 0 saturated carbocycles. The maximum Gasteiger partial charge on any atom is 0.267 e. The Morgan fingerprint density at radius 2 is 1.82 bits per heavy atom. The first-order valence-electron chi connectivity index (χ1n) is 7.80. The highest BCUT2D eigenvalue weighted by Crippen LogP contribution is 2.28. The van der Waals surface area contributed by atoms with Crippen LogP contribution in [0.5, 0.6) is 17.4 Å².